The second kappa shape index (κ2) is 3.26. The maximum absolute atomic E-state index is 13.1. The molecule has 0 radical (unpaired) electrons. The largest absolute Gasteiger partial charge is 0.396 e. The van der Waals surface area contributed by atoms with Gasteiger partial charge in [0.15, 0.2) is 0 Å². The van der Waals surface area contributed by atoms with Gasteiger partial charge in [-0.25, -0.2) is 8.78 Å². The van der Waals surface area contributed by atoms with Crippen LogP contribution >= 0.6 is 0 Å². The molecule has 0 atom stereocenters. The Morgan fingerprint density at radius 1 is 1.42 bits per heavy atom. The van der Waals surface area contributed by atoms with Crippen molar-refractivity contribution in [1.82, 2.24) is 5.32 Å². The average molecular weight is 179 g/mol. The van der Waals surface area contributed by atoms with E-state index < -0.39 is 17.9 Å². The number of aliphatic hydroxyl groups excluding tert-OH is 1. The van der Waals surface area contributed by atoms with E-state index in [1.807, 2.05) is 0 Å². The van der Waals surface area contributed by atoms with Gasteiger partial charge in [0.2, 0.25) is 0 Å². The maximum atomic E-state index is 13.1. The third kappa shape index (κ3) is 1.59. The molecule has 12 heavy (non-hydrogen) atoms. The zero-order chi connectivity index (χ0) is 9.24. The van der Waals surface area contributed by atoms with E-state index in [0.29, 0.717) is 25.9 Å². The minimum Gasteiger partial charge on any atom is -0.396 e. The lowest BCUT2D eigenvalue weighted by Crippen LogP contribution is -2.49. The molecular formula is C8H15F2NO. The van der Waals surface area contributed by atoms with Gasteiger partial charge in [-0.2, -0.15) is 0 Å². The van der Waals surface area contributed by atoms with Crippen LogP contribution < -0.4 is 5.32 Å². The molecule has 0 unspecified atom stereocenters. The summed E-state index contributed by atoms with van der Waals surface area (Å²) in [7, 11) is 0. The minimum absolute atomic E-state index is 0.354. The van der Waals surface area contributed by atoms with E-state index in [1.165, 1.54) is 0 Å². The van der Waals surface area contributed by atoms with Gasteiger partial charge in [0.1, 0.15) is 0 Å². The lowest BCUT2D eigenvalue weighted by atomic mass is 9.75. The molecule has 4 heteroatoms. The van der Waals surface area contributed by atoms with Gasteiger partial charge in [0, 0.05) is 0 Å². The van der Waals surface area contributed by atoms with Gasteiger partial charge in [0.25, 0.3) is 5.92 Å². The van der Waals surface area contributed by atoms with Gasteiger partial charge < -0.3 is 10.4 Å². The first-order valence-electron chi connectivity index (χ1n) is 4.21. The molecule has 0 aromatic carbocycles. The van der Waals surface area contributed by atoms with Gasteiger partial charge in [-0.15, -0.1) is 0 Å². The van der Waals surface area contributed by atoms with Gasteiger partial charge in [-0.3, -0.25) is 0 Å². The lowest BCUT2D eigenvalue weighted by molar-refractivity contribution is -0.142. The van der Waals surface area contributed by atoms with Crippen molar-refractivity contribution in [2.24, 2.45) is 5.41 Å². The minimum atomic E-state index is -2.77. The molecular weight excluding hydrogens is 164 g/mol. The van der Waals surface area contributed by atoms with Crippen LogP contribution in [0.4, 0.5) is 8.78 Å². The van der Waals surface area contributed by atoms with Crippen LogP contribution in [-0.4, -0.2) is 30.7 Å². The van der Waals surface area contributed by atoms with E-state index in [1.54, 1.807) is 0 Å². The molecule has 1 aliphatic heterocycles. The van der Waals surface area contributed by atoms with Crippen LogP contribution in [0.15, 0.2) is 0 Å². The monoisotopic (exact) mass is 179 g/mol. The van der Waals surface area contributed by atoms with Crippen molar-refractivity contribution >= 4 is 0 Å². The number of piperidine rings is 1. The maximum Gasteiger partial charge on any atom is 0.253 e. The number of aliphatic hydroxyl groups is 1. The molecule has 72 valence electrons. The summed E-state index contributed by atoms with van der Waals surface area (Å²) in [6, 6.07) is 0. The Bertz CT molecular complexity index is 150. The van der Waals surface area contributed by atoms with E-state index in [9.17, 15) is 8.78 Å². The van der Waals surface area contributed by atoms with Crippen LogP contribution in [0.3, 0.4) is 0 Å². The fourth-order valence-corrected chi connectivity index (χ4v) is 1.64. The molecule has 1 saturated heterocycles. The van der Waals surface area contributed by atoms with Gasteiger partial charge in [-0.05, 0) is 32.9 Å². The highest BCUT2D eigenvalue weighted by Crippen LogP contribution is 2.42. The van der Waals surface area contributed by atoms with Crippen LogP contribution in [0.25, 0.3) is 0 Å². The highest BCUT2D eigenvalue weighted by atomic mass is 19.3. The molecule has 1 aliphatic rings. The summed E-state index contributed by atoms with van der Waals surface area (Å²) in [6.45, 7) is 1.63. The van der Waals surface area contributed by atoms with E-state index in [2.05, 4.69) is 5.32 Å². The van der Waals surface area contributed by atoms with E-state index in [0.717, 1.165) is 6.92 Å². The molecule has 0 aromatic rings. The van der Waals surface area contributed by atoms with Crippen LogP contribution in [0.5, 0.6) is 0 Å². The molecule has 1 rings (SSSR count). The molecule has 0 spiro atoms. The molecule has 0 bridgehead atoms. The predicted molar refractivity (Wildman–Crippen MR) is 42.2 cm³/mol. The summed E-state index contributed by atoms with van der Waals surface area (Å²) in [6.07, 6.45) is 0.708. The van der Waals surface area contributed by atoms with Crippen LogP contribution in [0, 0.1) is 5.41 Å². The molecule has 0 aromatic heterocycles. The highest BCUT2D eigenvalue weighted by molar-refractivity contribution is 4.92. The molecule has 2 N–H and O–H groups in total. The van der Waals surface area contributed by atoms with Crippen LogP contribution in [-0.2, 0) is 0 Å². The number of halogens is 2. The zero-order valence-electron chi connectivity index (χ0n) is 7.24. The van der Waals surface area contributed by atoms with E-state index >= 15 is 0 Å². The summed E-state index contributed by atoms with van der Waals surface area (Å²) >= 11 is 0. The Hall–Kier alpha value is -0.220. The number of hydrogen-bond acceptors (Lipinski definition) is 2. The standard InChI is InChI=1S/C8H15F2NO/c1-7(9,10)8(6-12)2-4-11-5-3-8/h11-12H,2-6H2,1H3. The molecule has 0 aliphatic carbocycles. The Balaban J connectivity index is 2.73. The zero-order valence-corrected chi connectivity index (χ0v) is 7.24. The third-order valence-electron chi connectivity index (χ3n) is 2.79. The lowest BCUT2D eigenvalue weighted by Gasteiger charge is -2.40. The number of alkyl halides is 2. The fraction of sp³-hybridized carbons (Fsp3) is 1.00. The quantitative estimate of drug-likeness (QED) is 0.663. The number of hydrogen-bond donors (Lipinski definition) is 2. The summed E-state index contributed by atoms with van der Waals surface area (Å²) in [5.41, 5.74) is -1.18. The second-order valence-corrected chi connectivity index (χ2v) is 3.58. The van der Waals surface area contributed by atoms with Crippen molar-refractivity contribution < 1.29 is 13.9 Å². The van der Waals surface area contributed by atoms with E-state index in [4.69, 9.17) is 5.11 Å². The predicted octanol–water partition coefficient (Wildman–Crippen LogP) is 1.00. The van der Waals surface area contributed by atoms with Crippen LogP contribution in [0.1, 0.15) is 19.8 Å². The number of rotatable bonds is 2. The normalized spacial score (nSPS) is 24.0. The first kappa shape index (κ1) is 9.86. The first-order chi connectivity index (χ1) is 5.52. The molecule has 0 amide bonds. The van der Waals surface area contributed by atoms with Gasteiger partial charge >= 0.3 is 0 Å². The highest BCUT2D eigenvalue weighted by Gasteiger charge is 2.49. The van der Waals surface area contributed by atoms with E-state index in [-0.39, 0.29) is 0 Å². The van der Waals surface area contributed by atoms with Crippen molar-refractivity contribution in [1.29, 1.82) is 0 Å². The third-order valence-corrected chi connectivity index (χ3v) is 2.79. The summed E-state index contributed by atoms with van der Waals surface area (Å²) in [4.78, 5) is 0. The smallest absolute Gasteiger partial charge is 0.253 e. The Labute approximate surface area is 71.0 Å². The molecule has 1 fully saturated rings. The van der Waals surface area contributed by atoms with Crippen molar-refractivity contribution in [3.63, 3.8) is 0 Å². The Morgan fingerprint density at radius 3 is 2.17 bits per heavy atom. The van der Waals surface area contributed by atoms with Crippen molar-refractivity contribution in [2.75, 3.05) is 19.7 Å². The van der Waals surface area contributed by atoms with Crippen molar-refractivity contribution in [3.05, 3.63) is 0 Å². The van der Waals surface area contributed by atoms with Gasteiger partial charge in [-0.1, -0.05) is 0 Å². The number of nitrogens with one attached hydrogen (secondary N) is 1. The fourth-order valence-electron chi connectivity index (χ4n) is 1.64. The van der Waals surface area contributed by atoms with Crippen molar-refractivity contribution in [2.45, 2.75) is 25.7 Å². The van der Waals surface area contributed by atoms with Crippen molar-refractivity contribution in [3.8, 4) is 0 Å². The topological polar surface area (TPSA) is 32.3 Å². The average Bonchev–Trinajstić information content (AvgIpc) is 2.04. The Morgan fingerprint density at radius 2 is 1.92 bits per heavy atom. The summed E-state index contributed by atoms with van der Waals surface area (Å²) < 4.78 is 26.2. The van der Waals surface area contributed by atoms with Crippen LogP contribution in [0.2, 0.25) is 0 Å². The first-order valence-corrected chi connectivity index (χ1v) is 4.21. The summed E-state index contributed by atoms with van der Waals surface area (Å²) in [5, 5.41) is 12.0. The molecule has 1 heterocycles. The molecule has 0 saturated carbocycles. The summed E-state index contributed by atoms with van der Waals surface area (Å²) in [5.74, 6) is -2.77. The van der Waals surface area contributed by atoms with Gasteiger partial charge in [0.05, 0.1) is 12.0 Å². The SMILES string of the molecule is CC(F)(F)C1(CO)CCNCC1. The molecule has 2 nitrogen and oxygen atoms in total. The Kier molecular flexibility index (Phi) is 2.68. The second-order valence-electron chi connectivity index (χ2n) is 3.58.